The molecule has 0 unspecified atom stereocenters. The first-order chi connectivity index (χ1) is 10.4. The van der Waals surface area contributed by atoms with Gasteiger partial charge in [-0.1, -0.05) is 6.58 Å². The predicted molar refractivity (Wildman–Crippen MR) is 85.8 cm³/mol. The van der Waals surface area contributed by atoms with Crippen LogP contribution in [0.3, 0.4) is 0 Å². The first kappa shape index (κ1) is 16.2. The third-order valence-electron chi connectivity index (χ3n) is 3.89. The van der Waals surface area contributed by atoms with Gasteiger partial charge in [0.25, 0.3) is 5.56 Å². The van der Waals surface area contributed by atoms with Crippen LogP contribution in [0, 0.1) is 0 Å². The molecule has 1 aliphatic heterocycles. The number of carbonyl (C=O) groups is 1. The van der Waals surface area contributed by atoms with Gasteiger partial charge in [-0.15, -0.1) is 0 Å². The molecule has 1 atom stereocenters. The lowest BCUT2D eigenvalue weighted by molar-refractivity contribution is -0.125. The van der Waals surface area contributed by atoms with Crippen molar-refractivity contribution in [2.75, 3.05) is 39.1 Å². The summed E-state index contributed by atoms with van der Waals surface area (Å²) >= 11 is 0. The van der Waals surface area contributed by atoms with Crippen LogP contribution in [-0.4, -0.2) is 65.9 Å². The fraction of sp³-hybridized carbons (Fsp3) is 0.533. The third kappa shape index (κ3) is 3.73. The molecule has 0 saturated carbocycles. The van der Waals surface area contributed by atoms with Crippen molar-refractivity contribution in [1.82, 2.24) is 19.8 Å². The molecule has 0 bridgehead atoms. The molecule has 1 N–H and O–H groups in total. The molecule has 2 heterocycles. The Kier molecular flexibility index (Phi) is 4.97. The number of nitrogens with one attached hydrogen (secondary N) is 1. The lowest BCUT2D eigenvalue weighted by Gasteiger charge is -2.24. The zero-order valence-corrected chi connectivity index (χ0v) is 13.4. The molecule has 0 radical (unpaired) electrons. The SMILES string of the molecule is C=CC(=O)N1CC[C@@H](N(C)Cc2cc(=O)[nH]c(N(C)C)n2)C1. The van der Waals surface area contributed by atoms with Crippen LogP contribution in [0.2, 0.25) is 0 Å². The predicted octanol–water partition coefficient (Wildman–Crippen LogP) is 0.0546. The Morgan fingerprint density at radius 3 is 2.91 bits per heavy atom. The molecule has 1 aliphatic rings. The van der Waals surface area contributed by atoms with Gasteiger partial charge in [0.1, 0.15) is 0 Å². The molecule has 1 fully saturated rings. The zero-order chi connectivity index (χ0) is 16.3. The summed E-state index contributed by atoms with van der Waals surface area (Å²) in [5.74, 6) is 0.519. The van der Waals surface area contributed by atoms with Crippen LogP contribution in [0.5, 0.6) is 0 Å². The number of rotatable bonds is 5. The number of carbonyl (C=O) groups excluding carboxylic acids is 1. The largest absolute Gasteiger partial charge is 0.348 e. The fourth-order valence-corrected chi connectivity index (χ4v) is 2.60. The average Bonchev–Trinajstić information content (AvgIpc) is 2.95. The quantitative estimate of drug-likeness (QED) is 0.779. The normalized spacial score (nSPS) is 17.8. The maximum atomic E-state index is 11.7. The van der Waals surface area contributed by atoms with Crippen molar-refractivity contribution in [3.8, 4) is 0 Å². The van der Waals surface area contributed by atoms with Gasteiger partial charge in [0.05, 0.1) is 5.69 Å². The maximum Gasteiger partial charge on any atom is 0.252 e. The number of hydrogen-bond donors (Lipinski definition) is 1. The number of likely N-dealkylation sites (N-methyl/N-ethyl adjacent to an activating group) is 1. The molecular formula is C15H23N5O2. The van der Waals surface area contributed by atoms with E-state index in [1.807, 2.05) is 21.1 Å². The van der Waals surface area contributed by atoms with E-state index in [4.69, 9.17) is 0 Å². The summed E-state index contributed by atoms with van der Waals surface area (Å²) < 4.78 is 0. The van der Waals surface area contributed by atoms with E-state index in [-0.39, 0.29) is 17.5 Å². The van der Waals surface area contributed by atoms with Crippen LogP contribution >= 0.6 is 0 Å². The molecule has 7 nitrogen and oxygen atoms in total. The lowest BCUT2D eigenvalue weighted by atomic mass is 10.2. The van der Waals surface area contributed by atoms with Gasteiger partial charge in [-0.2, -0.15) is 0 Å². The summed E-state index contributed by atoms with van der Waals surface area (Å²) in [5.41, 5.74) is 0.570. The molecule has 0 aliphatic carbocycles. The lowest BCUT2D eigenvalue weighted by Crippen LogP contribution is -2.36. The Labute approximate surface area is 130 Å². The van der Waals surface area contributed by atoms with Crippen molar-refractivity contribution in [2.24, 2.45) is 0 Å². The van der Waals surface area contributed by atoms with E-state index in [9.17, 15) is 9.59 Å². The van der Waals surface area contributed by atoms with Gasteiger partial charge in [0.2, 0.25) is 11.9 Å². The van der Waals surface area contributed by atoms with Crippen LogP contribution < -0.4 is 10.5 Å². The van der Waals surface area contributed by atoms with E-state index in [0.29, 0.717) is 19.0 Å². The van der Waals surface area contributed by atoms with Crippen molar-refractivity contribution in [3.63, 3.8) is 0 Å². The van der Waals surface area contributed by atoms with Crippen molar-refractivity contribution in [3.05, 3.63) is 34.8 Å². The fourth-order valence-electron chi connectivity index (χ4n) is 2.60. The third-order valence-corrected chi connectivity index (χ3v) is 3.89. The standard InChI is InChI=1S/C15H23N5O2/c1-5-14(22)20-7-6-12(10-20)19(4)9-11-8-13(21)17-15(16-11)18(2)3/h5,8,12H,1,6-7,9-10H2,2-4H3,(H,16,17,21)/t12-/m1/s1. The Bertz CT molecular complexity index is 610. The van der Waals surface area contributed by atoms with Crippen molar-refractivity contribution < 1.29 is 4.79 Å². The number of aromatic amines is 1. The van der Waals surface area contributed by atoms with Crippen LogP contribution in [0.4, 0.5) is 5.95 Å². The van der Waals surface area contributed by atoms with Crippen LogP contribution in [-0.2, 0) is 11.3 Å². The van der Waals surface area contributed by atoms with Gasteiger partial charge in [-0.25, -0.2) is 4.98 Å². The monoisotopic (exact) mass is 305 g/mol. The summed E-state index contributed by atoms with van der Waals surface area (Å²) in [6.07, 6.45) is 2.27. The number of aromatic nitrogens is 2. The molecular weight excluding hydrogens is 282 g/mol. The van der Waals surface area contributed by atoms with Gasteiger partial charge < -0.3 is 9.80 Å². The highest BCUT2D eigenvalue weighted by Gasteiger charge is 2.27. The second-order valence-electron chi connectivity index (χ2n) is 5.80. The number of nitrogens with zero attached hydrogens (tertiary/aromatic N) is 4. The smallest absolute Gasteiger partial charge is 0.252 e. The topological polar surface area (TPSA) is 72.5 Å². The molecule has 2 rings (SSSR count). The van der Waals surface area contributed by atoms with Gasteiger partial charge in [-0.05, 0) is 19.5 Å². The minimum Gasteiger partial charge on any atom is -0.348 e. The summed E-state index contributed by atoms with van der Waals surface area (Å²) in [6.45, 7) is 5.52. The van der Waals surface area contributed by atoms with Crippen molar-refractivity contribution in [1.29, 1.82) is 0 Å². The number of likely N-dealkylation sites (tertiary alicyclic amines) is 1. The Hall–Kier alpha value is -2.15. The number of hydrogen-bond acceptors (Lipinski definition) is 5. The molecule has 0 spiro atoms. The minimum atomic E-state index is -0.156. The molecule has 22 heavy (non-hydrogen) atoms. The van der Waals surface area contributed by atoms with E-state index < -0.39 is 0 Å². The van der Waals surface area contributed by atoms with Gasteiger partial charge >= 0.3 is 0 Å². The first-order valence-corrected chi connectivity index (χ1v) is 7.30. The first-order valence-electron chi connectivity index (χ1n) is 7.30. The summed E-state index contributed by atoms with van der Waals surface area (Å²) in [6, 6.07) is 1.79. The van der Waals surface area contributed by atoms with E-state index >= 15 is 0 Å². The second kappa shape index (κ2) is 6.74. The van der Waals surface area contributed by atoms with Crippen molar-refractivity contribution >= 4 is 11.9 Å². The number of H-pyrrole nitrogens is 1. The van der Waals surface area contributed by atoms with E-state index in [1.54, 1.807) is 9.80 Å². The molecule has 1 aromatic rings. The van der Waals surface area contributed by atoms with Gasteiger partial charge in [0.15, 0.2) is 0 Å². The maximum absolute atomic E-state index is 11.7. The summed E-state index contributed by atoms with van der Waals surface area (Å²) in [7, 11) is 5.66. The number of anilines is 1. The highest BCUT2D eigenvalue weighted by Crippen LogP contribution is 2.16. The highest BCUT2D eigenvalue weighted by atomic mass is 16.2. The molecule has 0 aromatic carbocycles. The Morgan fingerprint density at radius 2 is 2.27 bits per heavy atom. The van der Waals surface area contributed by atoms with E-state index in [0.717, 1.165) is 18.7 Å². The van der Waals surface area contributed by atoms with Crippen LogP contribution in [0.15, 0.2) is 23.5 Å². The molecule has 1 saturated heterocycles. The summed E-state index contributed by atoms with van der Waals surface area (Å²) in [5, 5.41) is 0. The average molecular weight is 305 g/mol. The molecule has 7 heteroatoms. The molecule has 1 amide bonds. The molecule has 1 aromatic heterocycles. The van der Waals surface area contributed by atoms with E-state index in [1.165, 1.54) is 12.1 Å². The van der Waals surface area contributed by atoms with Crippen LogP contribution in [0.1, 0.15) is 12.1 Å². The van der Waals surface area contributed by atoms with Crippen LogP contribution in [0.25, 0.3) is 0 Å². The Balaban J connectivity index is 2.03. The van der Waals surface area contributed by atoms with E-state index in [2.05, 4.69) is 21.4 Å². The minimum absolute atomic E-state index is 0.0277. The zero-order valence-electron chi connectivity index (χ0n) is 13.4. The summed E-state index contributed by atoms with van der Waals surface area (Å²) in [4.78, 5) is 36.2. The van der Waals surface area contributed by atoms with Gasteiger partial charge in [-0.3, -0.25) is 19.5 Å². The molecule has 120 valence electrons. The van der Waals surface area contributed by atoms with Gasteiger partial charge in [0, 0.05) is 45.8 Å². The highest BCUT2D eigenvalue weighted by molar-refractivity contribution is 5.87. The number of amides is 1. The van der Waals surface area contributed by atoms with Crippen molar-refractivity contribution in [2.45, 2.75) is 19.0 Å². The second-order valence-corrected chi connectivity index (χ2v) is 5.80. The Morgan fingerprint density at radius 1 is 1.55 bits per heavy atom.